The van der Waals surface area contributed by atoms with E-state index in [2.05, 4.69) is 47.0 Å². The van der Waals surface area contributed by atoms with Gasteiger partial charge in [-0.3, -0.25) is 27.7 Å². The lowest BCUT2D eigenvalue weighted by Crippen LogP contribution is -2.46. The minimum Gasteiger partial charge on any atom is -0.386 e. The van der Waals surface area contributed by atoms with Crippen molar-refractivity contribution in [1.29, 1.82) is 0 Å². The maximum Gasteiger partial charge on any atom is 0.481 e. The largest absolute Gasteiger partial charge is 0.481 e. The van der Waals surface area contributed by atoms with Gasteiger partial charge in [-0.1, -0.05) is 13.8 Å². The fraction of sp³-hybridized carbons (Fsp3) is 0.667. The van der Waals surface area contributed by atoms with Crippen LogP contribution < -0.4 is 16.4 Å². The molecule has 10 N–H and O–H groups in total. The van der Waals surface area contributed by atoms with Crippen molar-refractivity contribution in [3.05, 3.63) is 12.7 Å². The molecule has 3 rings (SSSR count). The molecule has 1 fully saturated rings. The molecule has 7 atom stereocenters. The molecule has 0 bridgehead atoms. The molecule has 2 aromatic rings. The monoisotopic (exact) mass is 767 g/mol. The van der Waals surface area contributed by atoms with E-state index in [9.17, 15) is 53.1 Å². The number of fused-ring (bicyclic) bond motifs is 1. The van der Waals surface area contributed by atoms with Crippen LogP contribution in [0.15, 0.2) is 12.7 Å². The van der Waals surface area contributed by atoms with Crippen LogP contribution in [0.4, 0.5) is 5.82 Å². The SMILES string of the molecule is CC(C)(COP(=O)(O)OP(=O)(O)OC[C@H]1O[C@@H](n2cnc3c(N)ncnc32)[C@H](O)[C@@H]1OP(=O)(O)O)[C@H](O)C(=O)NCCC(=O)NCCS. The van der Waals surface area contributed by atoms with E-state index in [0.717, 1.165) is 17.2 Å². The summed E-state index contributed by atoms with van der Waals surface area (Å²) in [6.45, 7) is 0.723. The molecule has 0 aliphatic carbocycles. The highest BCUT2D eigenvalue weighted by Gasteiger charge is 2.50. The van der Waals surface area contributed by atoms with Gasteiger partial charge in [0.15, 0.2) is 17.7 Å². The van der Waals surface area contributed by atoms with Crippen LogP contribution in [0.2, 0.25) is 0 Å². The molecule has 2 unspecified atom stereocenters. The number of aromatic nitrogens is 4. The van der Waals surface area contributed by atoms with Crippen molar-refractivity contribution in [3.63, 3.8) is 0 Å². The van der Waals surface area contributed by atoms with Gasteiger partial charge in [-0.25, -0.2) is 28.6 Å². The number of phosphoric ester groups is 3. The summed E-state index contributed by atoms with van der Waals surface area (Å²) in [6.07, 6.45) is -6.74. The van der Waals surface area contributed by atoms with Crippen molar-refractivity contribution in [2.75, 3.05) is 37.8 Å². The molecular weight excluding hydrogens is 731 g/mol. The van der Waals surface area contributed by atoms with Crippen LogP contribution >= 0.6 is 36.1 Å². The number of hydrogen-bond acceptors (Lipinski definition) is 17. The van der Waals surface area contributed by atoms with Gasteiger partial charge in [0.05, 0.1) is 19.5 Å². The number of nitrogens with zero attached hydrogens (tertiary/aromatic N) is 4. The standard InChI is InChI=1S/C21H36N7O16P3S/c1-21(2,16(31)19(32)24-4-3-12(29)23-5-6-48)8-41-47(38,39)44-46(36,37)40-7-11-15(43-45(33,34)35)14(30)20(42-11)28-10-27-13-17(22)25-9-26-18(13)28/h9-11,14-16,20,30-31,48H,3-8H2,1-2H3,(H,23,29)(H,24,32)(H,36,37)(H,38,39)(H2,22,25,26)(H2,33,34,35)/t11-,14-,15-,16-,20-/m1/s1. The summed E-state index contributed by atoms with van der Waals surface area (Å²) in [7, 11) is -16.3. The van der Waals surface area contributed by atoms with Gasteiger partial charge in [-0.15, -0.1) is 0 Å². The van der Waals surface area contributed by atoms with E-state index >= 15 is 0 Å². The van der Waals surface area contributed by atoms with Gasteiger partial charge in [0.1, 0.15) is 36.3 Å². The topological polar surface area (TPSA) is 347 Å². The molecule has 3 heterocycles. The first-order chi connectivity index (χ1) is 22.2. The summed E-state index contributed by atoms with van der Waals surface area (Å²) in [4.78, 5) is 74.6. The first kappa shape index (κ1) is 40.3. The molecule has 272 valence electrons. The number of aliphatic hydroxyl groups excluding tert-OH is 2. The Morgan fingerprint density at radius 3 is 2.42 bits per heavy atom. The number of hydrogen-bond donors (Lipinski definition) is 10. The second-order valence-corrected chi connectivity index (χ2v) is 15.5. The molecule has 1 aliphatic heterocycles. The van der Waals surface area contributed by atoms with Crippen molar-refractivity contribution in [2.45, 2.75) is 50.9 Å². The van der Waals surface area contributed by atoms with Crippen LogP contribution in [0.1, 0.15) is 26.5 Å². The molecule has 1 aliphatic rings. The lowest BCUT2D eigenvalue weighted by Gasteiger charge is -2.30. The fourth-order valence-electron chi connectivity index (χ4n) is 4.14. The first-order valence-electron chi connectivity index (χ1n) is 13.7. The van der Waals surface area contributed by atoms with E-state index in [1.165, 1.54) is 13.8 Å². The molecule has 2 amide bonds. The molecular formula is C21H36N7O16P3S. The lowest BCUT2D eigenvalue weighted by molar-refractivity contribution is -0.137. The minimum atomic E-state index is -5.54. The number of nitrogens with two attached hydrogens (primary N) is 1. The van der Waals surface area contributed by atoms with Crippen LogP contribution in [-0.2, 0) is 45.9 Å². The van der Waals surface area contributed by atoms with Crippen LogP contribution in [0, 0.1) is 5.41 Å². The third-order valence-corrected chi connectivity index (χ3v) is 9.83. The average Bonchev–Trinajstić information content (AvgIpc) is 3.54. The van der Waals surface area contributed by atoms with Gasteiger partial charge in [-0.2, -0.15) is 16.9 Å². The van der Waals surface area contributed by atoms with Crippen LogP contribution in [0.3, 0.4) is 0 Å². The second-order valence-electron chi connectivity index (χ2n) is 10.8. The minimum absolute atomic E-state index is 0.0363. The Morgan fingerprint density at radius 1 is 1.10 bits per heavy atom. The van der Waals surface area contributed by atoms with Gasteiger partial charge in [-0.05, 0) is 0 Å². The fourth-order valence-corrected chi connectivity index (χ4v) is 7.08. The zero-order valence-electron chi connectivity index (χ0n) is 25.2. The third kappa shape index (κ3) is 11.2. The highest BCUT2D eigenvalue weighted by molar-refractivity contribution is 7.80. The Bertz CT molecular complexity index is 1590. The molecule has 23 nitrogen and oxygen atoms in total. The Kier molecular flexibility index (Phi) is 13.7. The summed E-state index contributed by atoms with van der Waals surface area (Å²) in [5.41, 5.74) is 4.30. The zero-order chi connectivity index (χ0) is 36.1. The predicted molar refractivity (Wildman–Crippen MR) is 163 cm³/mol. The molecule has 48 heavy (non-hydrogen) atoms. The number of imidazole rings is 1. The molecule has 2 aromatic heterocycles. The van der Waals surface area contributed by atoms with Gasteiger partial charge >= 0.3 is 23.5 Å². The first-order valence-corrected chi connectivity index (χ1v) is 18.8. The highest BCUT2D eigenvalue weighted by Crippen LogP contribution is 2.61. The van der Waals surface area contributed by atoms with Crippen molar-refractivity contribution >= 4 is 64.9 Å². The predicted octanol–water partition coefficient (Wildman–Crippen LogP) is -1.67. The van der Waals surface area contributed by atoms with E-state index in [1.807, 2.05) is 0 Å². The van der Waals surface area contributed by atoms with Crippen molar-refractivity contribution in [1.82, 2.24) is 30.2 Å². The van der Waals surface area contributed by atoms with Crippen molar-refractivity contribution < 1.29 is 75.7 Å². The van der Waals surface area contributed by atoms with Crippen molar-refractivity contribution in [2.24, 2.45) is 5.41 Å². The van der Waals surface area contributed by atoms with Gasteiger partial charge in [0, 0.05) is 30.7 Å². The zero-order valence-corrected chi connectivity index (χ0v) is 28.8. The lowest BCUT2D eigenvalue weighted by atomic mass is 9.87. The number of carbonyl (C=O) groups excluding carboxylic acids is 2. The number of ether oxygens (including phenoxy) is 1. The number of anilines is 1. The summed E-state index contributed by atoms with van der Waals surface area (Å²) in [6, 6.07) is 0. The molecule has 0 radical (unpaired) electrons. The maximum absolute atomic E-state index is 12.6. The van der Waals surface area contributed by atoms with Crippen LogP contribution in [0.5, 0.6) is 0 Å². The van der Waals surface area contributed by atoms with Gasteiger partial charge in [0.2, 0.25) is 11.8 Å². The highest BCUT2D eigenvalue weighted by atomic mass is 32.1. The van der Waals surface area contributed by atoms with E-state index in [4.69, 9.17) is 19.5 Å². The summed E-state index contributed by atoms with van der Waals surface area (Å²) >= 11 is 3.95. The molecule has 0 aromatic carbocycles. The quantitative estimate of drug-likeness (QED) is 0.0599. The van der Waals surface area contributed by atoms with Crippen LogP contribution in [-0.4, -0.2) is 118 Å². The van der Waals surface area contributed by atoms with Crippen LogP contribution in [0.25, 0.3) is 11.2 Å². The number of phosphoric acid groups is 3. The normalized spacial score (nSPS) is 23.4. The number of nitrogen functional groups attached to an aromatic ring is 1. The van der Waals surface area contributed by atoms with E-state index in [0.29, 0.717) is 12.3 Å². The Labute approximate surface area is 277 Å². The Hall–Kier alpha value is -2.11. The van der Waals surface area contributed by atoms with Gasteiger partial charge < -0.3 is 50.9 Å². The van der Waals surface area contributed by atoms with E-state index in [-0.39, 0.29) is 35.9 Å². The van der Waals surface area contributed by atoms with Crippen molar-refractivity contribution in [3.8, 4) is 0 Å². The Balaban J connectivity index is 1.61. The summed E-state index contributed by atoms with van der Waals surface area (Å²) in [5.74, 6) is -0.943. The number of carbonyl (C=O) groups is 2. The number of thiol groups is 1. The molecule has 27 heteroatoms. The number of rotatable bonds is 18. The summed E-state index contributed by atoms with van der Waals surface area (Å²) < 4.78 is 61.7. The summed E-state index contributed by atoms with van der Waals surface area (Å²) in [5, 5.41) is 26.1. The number of amides is 2. The number of aliphatic hydroxyl groups is 2. The maximum atomic E-state index is 12.6. The van der Waals surface area contributed by atoms with E-state index in [1.54, 1.807) is 0 Å². The Morgan fingerprint density at radius 2 is 1.77 bits per heavy atom. The van der Waals surface area contributed by atoms with Gasteiger partial charge in [0.25, 0.3) is 0 Å². The smallest absolute Gasteiger partial charge is 0.386 e. The van der Waals surface area contributed by atoms with E-state index < -0.39 is 78.6 Å². The third-order valence-electron chi connectivity index (χ3n) is 6.51. The second kappa shape index (κ2) is 16.3. The molecule has 0 spiro atoms. The molecule has 0 saturated carbocycles. The number of nitrogens with one attached hydrogen (secondary N) is 2. The molecule has 1 saturated heterocycles. The average molecular weight is 768 g/mol.